The average Bonchev–Trinajstić information content (AvgIpc) is 3.01. The van der Waals surface area contributed by atoms with Gasteiger partial charge in [-0.3, -0.25) is 9.78 Å². The number of pyridine rings is 1. The van der Waals surface area contributed by atoms with Crippen LogP contribution in [0.15, 0.2) is 50.4 Å². The van der Waals surface area contributed by atoms with Gasteiger partial charge in [0.15, 0.2) is 11.6 Å². The number of aliphatic hydroxyl groups is 1. The second kappa shape index (κ2) is 6.55. The topological polar surface area (TPSA) is 122 Å². The van der Waals surface area contributed by atoms with Gasteiger partial charge in [-0.05, 0) is 24.6 Å². The predicted octanol–water partition coefficient (Wildman–Crippen LogP) is 1.73. The summed E-state index contributed by atoms with van der Waals surface area (Å²) in [5.74, 6) is 0.483. The summed E-state index contributed by atoms with van der Waals surface area (Å²) in [7, 11) is 0. The van der Waals surface area contributed by atoms with E-state index >= 15 is 0 Å². The Morgan fingerprint density at radius 2 is 2.04 bits per heavy atom. The number of aryl methyl sites for hydroxylation is 1. The third-order valence-corrected chi connectivity index (χ3v) is 3.38. The lowest BCUT2D eigenvalue weighted by Crippen LogP contribution is -2.16. The summed E-state index contributed by atoms with van der Waals surface area (Å²) in [5.41, 5.74) is 0.0386. The molecule has 0 aliphatic heterocycles. The molecule has 0 bridgehead atoms. The van der Waals surface area contributed by atoms with E-state index in [1.54, 1.807) is 37.5 Å². The van der Waals surface area contributed by atoms with Crippen LogP contribution in [0.1, 0.15) is 28.9 Å². The van der Waals surface area contributed by atoms with Crippen molar-refractivity contribution in [3.8, 4) is 5.75 Å². The standard InChI is InChI=1S/C16H15N3O5/c1-9-6-13(19-24-9)18-14(10-2-4-17-5-3-10)16-15(22)12(21)7-11(8-20)23-16/h2-7,14,20,22H,8H2,1H3,(H,18,19)/t14-/m0/s1. The van der Waals surface area contributed by atoms with Gasteiger partial charge in [0.25, 0.3) is 0 Å². The summed E-state index contributed by atoms with van der Waals surface area (Å²) >= 11 is 0. The number of hydrogen-bond acceptors (Lipinski definition) is 8. The van der Waals surface area contributed by atoms with Gasteiger partial charge in [0.1, 0.15) is 24.2 Å². The van der Waals surface area contributed by atoms with Gasteiger partial charge < -0.3 is 24.5 Å². The van der Waals surface area contributed by atoms with Crippen molar-refractivity contribution in [3.63, 3.8) is 0 Å². The first-order chi connectivity index (χ1) is 11.6. The Morgan fingerprint density at radius 1 is 1.29 bits per heavy atom. The molecule has 8 nitrogen and oxygen atoms in total. The number of rotatable bonds is 5. The van der Waals surface area contributed by atoms with E-state index in [1.165, 1.54) is 0 Å². The van der Waals surface area contributed by atoms with E-state index in [0.29, 0.717) is 17.1 Å². The first kappa shape index (κ1) is 15.8. The molecule has 124 valence electrons. The number of anilines is 1. The molecule has 3 aromatic heterocycles. The summed E-state index contributed by atoms with van der Waals surface area (Å²) in [6, 6.07) is 5.39. The van der Waals surface area contributed by atoms with Crippen molar-refractivity contribution in [3.05, 3.63) is 69.7 Å². The van der Waals surface area contributed by atoms with E-state index in [2.05, 4.69) is 15.5 Å². The Morgan fingerprint density at radius 3 is 2.67 bits per heavy atom. The smallest absolute Gasteiger partial charge is 0.227 e. The van der Waals surface area contributed by atoms with Crippen LogP contribution in [-0.2, 0) is 6.61 Å². The molecule has 24 heavy (non-hydrogen) atoms. The quantitative estimate of drug-likeness (QED) is 0.647. The lowest BCUT2D eigenvalue weighted by Gasteiger charge is -2.18. The normalized spacial score (nSPS) is 12.1. The predicted molar refractivity (Wildman–Crippen MR) is 83.5 cm³/mol. The molecule has 3 heterocycles. The molecule has 0 aliphatic rings. The highest BCUT2D eigenvalue weighted by Crippen LogP contribution is 2.31. The lowest BCUT2D eigenvalue weighted by atomic mass is 10.0. The molecule has 3 N–H and O–H groups in total. The second-order valence-corrected chi connectivity index (χ2v) is 5.13. The zero-order valence-electron chi connectivity index (χ0n) is 12.8. The molecule has 0 saturated carbocycles. The van der Waals surface area contributed by atoms with Gasteiger partial charge in [0, 0.05) is 24.5 Å². The van der Waals surface area contributed by atoms with E-state index < -0.39 is 23.8 Å². The van der Waals surface area contributed by atoms with Crippen molar-refractivity contribution < 1.29 is 19.2 Å². The van der Waals surface area contributed by atoms with Crippen LogP contribution in [0.3, 0.4) is 0 Å². The van der Waals surface area contributed by atoms with Crippen molar-refractivity contribution in [1.82, 2.24) is 10.1 Å². The lowest BCUT2D eigenvalue weighted by molar-refractivity contribution is 0.234. The maximum atomic E-state index is 11.9. The molecule has 8 heteroatoms. The molecule has 0 radical (unpaired) electrons. The van der Waals surface area contributed by atoms with Gasteiger partial charge >= 0.3 is 0 Å². The van der Waals surface area contributed by atoms with E-state index in [-0.39, 0.29) is 11.5 Å². The van der Waals surface area contributed by atoms with Crippen LogP contribution in [0.2, 0.25) is 0 Å². The third kappa shape index (κ3) is 3.13. The van der Waals surface area contributed by atoms with Crippen LogP contribution in [0.4, 0.5) is 5.82 Å². The fourth-order valence-corrected chi connectivity index (χ4v) is 2.27. The second-order valence-electron chi connectivity index (χ2n) is 5.13. The molecule has 3 aromatic rings. The molecule has 0 aliphatic carbocycles. The van der Waals surface area contributed by atoms with Crippen molar-refractivity contribution in [2.24, 2.45) is 0 Å². The zero-order chi connectivity index (χ0) is 17.1. The maximum Gasteiger partial charge on any atom is 0.227 e. The Balaban J connectivity index is 2.11. The van der Waals surface area contributed by atoms with E-state index in [0.717, 1.165) is 6.07 Å². The molecule has 0 saturated heterocycles. The monoisotopic (exact) mass is 329 g/mol. The van der Waals surface area contributed by atoms with Gasteiger partial charge in [0.2, 0.25) is 11.2 Å². The van der Waals surface area contributed by atoms with Gasteiger partial charge in [-0.1, -0.05) is 5.16 Å². The number of nitrogens with one attached hydrogen (secondary N) is 1. The molecule has 3 rings (SSSR count). The Hall–Kier alpha value is -3.13. The van der Waals surface area contributed by atoms with Crippen molar-refractivity contribution in [1.29, 1.82) is 0 Å². The van der Waals surface area contributed by atoms with E-state index in [9.17, 15) is 15.0 Å². The molecule has 0 spiro atoms. The Kier molecular flexibility index (Phi) is 4.30. The van der Waals surface area contributed by atoms with Crippen LogP contribution in [0, 0.1) is 6.92 Å². The van der Waals surface area contributed by atoms with Gasteiger partial charge in [-0.2, -0.15) is 0 Å². The van der Waals surface area contributed by atoms with Crippen LogP contribution in [0.25, 0.3) is 0 Å². The van der Waals surface area contributed by atoms with Crippen LogP contribution in [0.5, 0.6) is 5.75 Å². The first-order valence-electron chi connectivity index (χ1n) is 7.15. The Labute approximate surface area is 136 Å². The maximum absolute atomic E-state index is 11.9. The molecule has 0 fully saturated rings. The highest BCUT2D eigenvalue weighted by molar-refractivity contribution is 5.44. The summed E-state index contributed by atoms with van der Waals surface area (Å²) in [4.78, 5) is 15.9. The first-order valence-corrected chi connectivity index (χ1v) is 7.15. The average molecular weight is 329 g/mol. The fourth-order valence-electron chi connectivity index (χ4n) is 2.27. The SMILES string of the molecule is Cc1cc(N[C@@H](c2ccncc2)c2oc(CO)cc(=O)c2O)no1. The van der Waals surface area contributed by atoms with Gasteiger partial charge in [0.05, 0.1) is 0 Å². The Bertz CT molecular complexity index is 888. The molecule has 1 atom stereocenters. The number of aliphatic hydroxyl groups excluding tert-OH is 1. The summed E-state index contributed by atoms with van der Waals surface area (Å²) in [5, 5.41) is 26.3. The van der Waals surface area contributed by atoms with Crippen LogP contribution in [-0.4, -0.2) is 20.4 Å². The zero-order valence-corrected chi connectivity index (χ0v) is 12.8. The highest BCUT2D eigenvalue weighted by atomic mass is 16.5. The van der Waals surface area contributed by atoms with Gasteiger partial charge in [-0.25, -0.2) is 0 Å². The van der Waals surface area contributed by atoms with Gasteiger partial charge in [-0.15, -0.1) is 0 Å². The largest absolute Gasteiger partial charge is 0.502 e. The minimum atomic E-state index is -0.725. The summed E-state index contributed by atoms with van der Waals surface area (Å²) in [6.07, 6.45) is 3.15. The number of aromatic hydroxyl groups is 1. The molecule has 0 aromatic carbocycles. The minimum Gasteiger partial charge on any atom is -0.502 e. The molecular weight excluding hydrogens is 314 g/mol. The third-order valence-electron chi connectivity index (χ3n) is 3.38. The fraction of sp³-hybridized carbons (Fsp3) is 0.188. The molecule has 0 unspecified atom stereocenters. The van der Waals surface area contributed by atoms with E-state index in [4.69, 9.17) is 8.94 Å². The van der Waals surface area contributed by atoms with Crippen molar-refractivity contribution in [2.75, 3.05) is 5.32 Å². The molecular formula is C16H15N3O5. The molecule has 0 amide bonds. The number of aromatic nitrogens is 2. The van der Waals surface area contributed by atoms with Crippen molar-refractivity contribution in [2.45, 2.75) is 19.6 Å². The summed E-state index contributed by atoms with van der Waals surface area (Å²) < 4.78 is 10.5. The van der Waals surface area contributed by atoms with Crippen LogP contribution >= 0.6 is 0 Å². The van der Waals surface area contributed by atoms with Crippen LogP contribution < -0.4 is 10.7 Å². The number of hydrogen-bond donors (Lipinski definition) is 3. The highest BCUT2D eigenvalue weighted by Gasteiger charge is 2.24. The van der Waals surface area contributed by atoms with Crippen molar-refractivity contribution >= 4 is 5.82 Å². The summed E-state index contributed by atoms with van der Waals surface area (Å²) in [6.45, 7) is 1.28. The minimum absolute atomic E-state index is 0.0293. The van der Waals surface area contributed by atoms with E-state index in [1.807, 2.05) is 0 Å². The number of nitrogens with zero attached hydrogens (tertiary/aromatic N) is 2.